The van der Waals surface area contributed by atoms with Crippen LogP contribution in [-0.4, -0.2) is 27.2 Å². The van der Waals surface area contributed by atoms with Gasteiger partial charge in [-0.1, -0.05) is 0 Å². The number of anilines is 2. The highest BCUT2D eigenvalue weighted by Gasteiger charge is 2.10. The molecule has 0 aliphatic heterocycles. The first kappa shape index (κ1) is 14.3. The van der Waals surface area contributed by atoms with Crippen molar-refractivity contribution in [1.82, 2.24) is 15.0 Å². The van der Waals surface area contributed by atoms with Crippen LogP contribution in [0.2, 0.25) is 0 Å². The third-order valence-corrected chi connectivity index (χ3v) is 3.95. The Bertz CT molecular complexity index is 1060. The minimum atomic E-state index is 0.0545. The quantitative estimate of drug-likeness (QED) is 0.533. The van der Waals surface area contributed by atoms with E-state index in [0.29, 0.717) is 17.1 Å². The Hall–Kier alpha value is -3.28. The Morgan fingerprint density at radius 1 is 1.12 bits per heavy atom. The smallest absolute Gasteiger partial charge is 0.161 e. The summed E-state index contributed by atoms with van der Waals surface area (Å²) in [7, 11) is 1.51. The van der Waals surface area contributed by atoms with Crippen molar-refractivity contribution in [3.8, 4) is 11.5 Å². The molecule has 2 aromatic carbocycles. The molecule has 0 amide bonds. The predicted octanol–water partition coefficient (Wildman–Crippen LogP) is 3.88. The molecule has 6 nitrogen and oxygen atoms in total. The number of nitrogens with one attached hydrogen (secondary N) is 2. The van der Waals surface area contributed by atoms with Gasteiger partial charge in [0.05, 0.1) is 12.6 Å². The number of aromatic amines is 1. The highest BCUT2D eigenvalue weighted by molar-refractivity contribution is 5.94. The Balaban J connectivity index is 1.80. The molecule has 120 valence electrons. The van der Waals surface area contributed by atoms with Crippen LogP contribution in [0.15, 0.2) is 42.7 Å². The van der Waals surface area contributed by atoms with Crippen LogP contribution >= 0.6 is 0 Å². The Labute approximate surface area is 138 Å². The number of H-pyrrole nitrogens is 1. The summed E-state index contributed by atoms with van der Waals surface area (Å²) < 4.78 is 5.18. The molecule has 2 aromatic heterocycles. The van der Waals surface area contributed by atoms with E-state index in [-0.39, 0.29) is 5.75 Å². The monoisotopic (exact) mass is 320 g/mol. The molecule has 6 heteroatoms. The van der Waals surface area contributed by atoms with Gasteiger partial charge in [0.25, 0.3) is 0 Å². The average Bonchev–Trinajstić information content (AvgIpc) is 2.94. The van der Waals surface area contributed by atoms with E-state index in [9.17, 15) is 5.11 Å². The Morgan fingerprint density at radius 2 is 2.00 bits per heavy atom. The van der Waals surface area contributed by atoms with Gasteiger partial charge >= 0.3 is 0 Å². The van der Waals surface area contributed by atoms with Gasteiger partial charge in [-0.2, -0.15) is 0 Å². The lowest BCUT2D eigenvalue weighted by Crippen LogP contribution is -1.96. The van der Waals surface area contributed by atoms with Crippen LogP contribution in [0.5, 0.6) is 11.5 Å². The number of rotatable bonds is 3. The van der Waals surface area contributed by atoms with Crippen LogP contribution in [0.25, 0.3) is 21.8 Å². The maximum Gasteiger partial charge on any atom is 0.161 e. The number of fused-ring (bicyclic) bond motifs is 2. The second kappa shape index (κ2) is 5.42. The molecular formula is C18H16N4O2. The summed E-state index contributed by atoms with van der Waals surface area (Å²) in [6.45, 7) is 2.03. The number of hydrogen-bond acceptors (Lipinski definition) is 5. The lowest BCUT2D eigenvalue weighted by molar-refractivity contribution is 0.374. The summed E-state index contributed by atoms with van der Waals surface area (Å²) in [4.78, 5) is 11.8. The van der Waals surface area contributed by atoms with Gasteiger partial charge in [-0.15, -0.1) is 0 Å². The van der Waals surface area contributed by atoms with Crippen LogP contribution in [0.4, 0.5) is 11.5 Å². The normalized spacial score (nSPS) is 11.1. The zero-order valence-electron chi connectivity index (χ0n) is 13.3. The van der Waals surface area contributed by atoms with E-state index in [0.717, 1.165) is 27.7 Å². The SMILES string of the molecule is COc1cc2c(Nc3ccc4[nH]c(C)cc4c3)ncnc2cc1O. The molecule has 0 spiro atoms. The molecule has 0 unspecified atom stereocenters. The standard InChI is InChI=1S/C18H16N4O2/c1-10-5-11-6-12(3-4-14(11)21-10)22-18-13-7-17(24-2)16(23)8-15(13)19-9-20-18/h3-9,21,23H,1-2H3,(H,19,20,22). The topological polar surface area (TPSA) is 83.1 Å². The number of aromatic hydroxyl groups is 1. The first-order valence-corrected chi connectivity index (χ1v) is 7.52. The molecule has 0 atom stereocenters. The van der Waals surface area contributed by atoms with Gasteiger partial charge in [-0.25, -0.2) is 9.97 Å². The Morgan fingerprint density at radius 3 is 2.83 bits per heavy atom. The Kier molecular flexibility index (Phi) is 3.23. The van der Waals surface area contributed by atoms with Crippen LogP contribution in [0, 0.1) is 6.92 Å². The summed E-state index contributed by atoms with van der Waals surface area (Å²) in [5, 5.41) is 15.1. The van der Waals surface area contributed by atoms with Crippen molar-refractivity contribution in [3.05, 3.63) is 48.4 Å². The van der Waals surface area contributed by atoms with Gasteiger partial charge in [-0.3, -0.25) is 0 Å². The van der Waals surface area contributed by atoms with Gasteiger partial charge in [0.15, 0.2) is 11.5 Å². The van der Waals surface area contributed by atoms with E-state index < -0.39 is 0 Å². The number of ether oxygens (including phenoxy) is 1. The maximum atomic E-state index is 9.90. The van der Waals surface area contributed by atoms with Crippen LogP contribution in [0.3, 0.4) is 0 Å². The molecule has 0 fully saturated rings. The van der Waals surface area contributed by atoms with Gasteiger partial charge in [0.2, 0.25) is 0 Å². The van der Waals surface area contributed by atoms with Crippen LogP contribution in [0.1, 0.15) is 5.69 Å². The minimum absolute atomic E-state index is 0.0545. The third kappa shape index (κ3) is 2.38. The molecule has 0 saturated heterocycles. The molecule has 0 bridgehead atoms. The molecule has 4 rings (SSSR count). The van der Waals surface area contributed by atoms with E-state index in [2.05, 4.69) is 32.4 Å². The van der Waals surface area contributed by atoms with Crippen molar-refractivity contribution in [2.24, 2.45) is 0 Å². The summed E-state index contributed by atoms with van der Waals surface area (Å²) >= 11 is 0. The predicted molar refractivity (Wildman–Crippen MR) is 94.1 cm³/mol. The maximum absolute atomic E-state index is 9.90. The van der Waals surface area contributed by atoms with E-state index in [1.54, 1.807) is 12.1 Å². The molecule has 2 heterocycles. The highest BCUT2D eigenvalue weighted by Crippen LogP contribution is 2.33. The van der Waals surface area contributed by atoms with Crippen LogP contribution in [-0.2, 0) is 0 Å². The van der Waals surface area contributed by atoms with Gasteiger partial charge in [0.1, 0.15) is 12.1 Å². The molecule has 24 heavy (non-hydrogen) atoms. The number of phenols is 1. The molecule has 0 aliphatic rings. The number of phenolic OH excluding ortho intramolecular Hbond substituents is 1. The third-order valence-electron chi connectivity index (χ3n) is 3.95. The van der Waals surface area contributed by atoms with Gasteiger partial charge in [0, 0.05) is 33.7 Å². The summed E-state index contributed by atoms with van der Waals surface area (Å²) in [5.74, 6) is 1.10. The van der Waals surface area contributed by atoms with Crippen LogP contribution < -0.4 is 10.1 Å². The lowest BCUT2D eigenvalue weighted by Gasteiger charge is -2.10. The number of aryl methyl sites for hydroxylation is 1. The number of methoxy groups -OCH3 is 1. The molecule has 0 radical (unpaired) electrons. The van der Waals surface area contributed by atoms with Crippen molar-refractivity contribution in [2.45, 2.75) is 6.92 Å². The fourth-order valence-electron chi connectivity index (χ4n) is 2.83. The highest BCUT2D eigenvalue weighted by atomic mass is 16.5. The second-order valence-electron chi connectivity index (χ2n) is 5.64. The first-order valence-electron chi connectivity index (χ1n) is 7.52. The largest absolute Gasteiger partial charge is 0.504 e. The first-order chi connectivity index (χ1) is 11.6. The zero-order valence-corrected chi connectivity index (χ0v) is 13.3. The summed E-state index contributed by atoms with van der Waals surface area (Å²) in [6.07, 6.45) is 1.47. The molecule has 3 N–H and O–H groups in total. The fraction of sp³-hybridized carbons (Fsp3) is 0.111. The molecule has 4 aromatic rings. The minimum Gasteiger partial charge on any atom is -0.504 e. The summed E-state index contributed by atoms with van der Waals surface area (Å²) in [6, 6.07) is 11.5. The van der Waals surface area contributed by atoms with E-state index in [4.69, 9.17) is 4.74 Å². The number of hydrogen-bond donors (Lipinski definition) is 3. The number of nitrogens with zero attached hydrogens (tertiary/aromatic N) is 2. The number of aromatic nitrogens is 3. The number of benzene rings is 2. The fourth-order valence-corrected chi connectivity index (χ4v) is 2.83. The van der Waals surface area contributed by atoms with E-state index >= 15 is 0 Å². The molecule has 0 saturated carbocycles. The van der Waals surface area contributed by atoms with Crippen molar-refractivity contribution in [3.63, 3.8) is 0 Å². The van der Waals surface area contributed by atoms with Crippen molar-refractivity contribution < 1.29 is 9.84 Å². The molecular weight excluding hydrogens is 304 g/mol. The zero-order chi connectivity index (χ0) is 16.7. The second-order valence-corrected chi connectivity index (χ2v) is 5.64. The average molecular weight is 320 g/mol. The lowest BCUT2D eigenvalue weighted by atomic mass is 10.2. The van der Waals surface area contributed by atoms with Crippen molar-refractivity contribution in [2.75, 3.05) is 12.4 Å². The van der Waals surface area contributed by atoms with Crippen molar-refractivity contribution in [1.29, 1.82) is 0 Å². The van der Waals surface area contributed by atoms with Gasteiger partial charge in [-0.05, 0) is 37.3 Å². The molecule has 0 aliphatic carbocycles. The van der Waals surface area contributed by atoms with E-state index in [1.165, 1.54) is 13.4 Å². The summed E-state index contributed by atoms with van der Waals surface area (Å²) in [5.41, 5.74) is 3.78. The van der Waals surface area contributed by atoms with Crippen molar-refractivity contribution >= 4 is 33.3 Å². The van der Waals surface area contributed by atoms with E-state index in [1.807, 2.05) is 19.1 Å². The van der Waals surface area contributed by atoms with Gasteiger partial charge < -0.3 is 20.1 Å².